The van der Waals surface area contributed by atoms with Gasteiger partial charge in [0.05, 0.1) is 0 Å². The van der Waals surface area contributed by atoms with Crippen molar-refractivity contribution in [1.29, 1.82) is 0 Å². The Bertz CT molecular complexity index is 940. The number of nitrogens with zero attached hydrogens (tertiary/aromatic N) is 1. The number of carboxylic acids is 2. The van der Waals surface area contributed by atoms with Gasteiger partial charge < -0.3 is 24.3 Å². The highest BCUT2D eigenvalue weighted by Gasteiger charge is 2.48. The van der Waals surface area contributed by atoms with Crippen LogP contribution >= 0.6 is 0 Å². The molecule has 0 spiro atoms. The van der Waals surface area contributed by atoms with Gasteiger partial charge in [-0.25, -0.2) is 9.59 Å². The lowest BCUT2D eigenvalue weighted by molar-refractivity contribution is -0.159. The lowest BCUT2D eigenvalue weighted by Crippen LogP contribution is -2.28. The molecule has 28 heavy (non-hydrogen) atoms. The first-order valence-electron chi connectivity index (χ1n) is 7.46. The average Bonchev–Trinajstić information content (AvgIpc) is 2.94. The summed E-state index contributed by atoms with van der Waals surface area (Å²) in [4.78, 5) is 23.2. The van der Waals surface area contributed by atoms with E-state index in [4.69, 9.17) is 19.8 Å². The standard InChI is InChI=1S/C13H15F3N2O3S.C2H2O4/c1-18(2)6-5-9-8-17-12-4-3-10(7-11(9)12)21-22(19,20)13(14,15)16;3-1(4)2(5)6/h3-4,7-8,17H,5-6H2,1-2H3;(H,3,4)(H,5,6). The zero-order valence-electron chi connectivity index (χ0n) is 14.6. The number of H-pyrrole nitrogens is 1. The highest BCUT2D eigenvalue weighted by Crippen LogP contribution is 2.29. The Labute approximate surface area is 157 Å². The van der Waals surface area contributed by atoms with E-state index in [1.807, 2.05) is 19.0 Å². The predicted molar refractivity (Wildman–Crippen MR) is 91.4 cm³/mol. The first-order chi connectivity index (χ1) is 12.7. The van der Waals surface area contributed by atoms with Gasteiger partial charge in [-0.15, -0.1) is 0 Å². The summed E-state index contributed by atoms with van der Waals surface area (Å²) in [6.07, 6.45) is 2.42. The van der Waals surface area contributed by atoms with Gasteiger partial charge >= 0.3 is 27.6 Å². The maximum atomic E-state index is 12.3. The van der Waals surface area contributed by atoms with Crippen LogP contribution in [-0.4, -0.2) is 66.6 Å². The van der Waals surface area contributed by atoms with Crippen molar-refractivity contribution in [3.05, 3.63) is 30.0 Å². The number of halogens is 3. The molecule has 0 bridgehead atoms. The van der Waals surface area contributed by atoms with Gasteiger partial charge in [-0.3, -0.25) is 0 Å². The molecule has 0 radical (unpaired) electrons. The van der Waals surface area contributed by atoms with Crippen molar-refractivity contribution in [1.82, 2.24) is 9.88 Å². The van der Waals surface area contributed by atoms with Crippen LogP contribution in [0.2, 0.25) is 0 Å². The minimum atomic E-state index is -5.66. The van der Waals surface area contributed by atoms with Crippen LogP contribution in [0.15, 0.2) is 24.4 Å². The number of hydrogen-bond acceptors (Lipinski definition) is 6. The Hall–Kier alpha value is -2.80. The Morgan fingerprint density at radius 3 is 2.21 bits per heavy atom. The number of aromatic amines is 1. The molecule has 156 valence electrons. The molecule has 0 unspecified atom stereocenters. The van der Waals surface area contributed by atoms with Gasteiger partial charge in [-0.05, 0) is 44.3 Å². The van der Waals surface area contributed by atoms with Gasteiger partial charge in [-0.2, -0.15) is 21.6 Å². The minimum Gasteiger partial charge on any atom is -0.473 e. The van der Waals surface area contributed by atoms with Crippen LogP contribution in [0, 0.1) is 0 Å². The van der Waals surface area contributed by atoms with Crippen molar-refractivity contribution >= 4 is 33.0 Å². The van der Waals surface area contributed by atoms with E-state index in [2.05, 4.69) is 9.17 Å². The molecule has 0 atom stereocenters. The van der Waals surface area contributed by atoms with Gasteiger partial charge in [0.25, 0.3) is 0 Å². The van der Waals surface area contributed by atoms with Gasteiger partial charge in [0.2, 0.25) is 0 Å². The number of alkyl halides is 3. The van der Waals surface area contributed by atoms with Crippen LogP contribution < -0.4 is 4.18 Å². The molecule has 9 nitrogen and oxygen atoms in total. The Kier molecular flexibility index (Phi) is 7.41. The van der Waals surface area contributed by atoms with Crippen molar-refractivity contribution < 1.29 is 45.6 Å². The Balaban J connectivity index is 0.000000568. The SMILES string of the molecule is CN(C)CCc1c[nH]c2ccc(OS(=O)(=O)C(F)(F)F)cc12.O=C(O)C(=O)O. The third-order valence-corrected chi connectivity index (χ3v) is 4.22. The van der Waals surface area contributed by atoms with Gasteiger partial charge in [0.1, 0.15) is 5.75 Å². The fourth-order valence-electron chi connectivity index (χ4n) is 1.93. The van der Waals surface area contributed by atoms with Gasteiger partial charge in [0, 0.05) is 23.6 Å². The minimum absolute atomic E-state index is 0.365. The highest BCUT2D eigenvalue weighted by molar-refractivity contribution is 7.88. The molecule has 13 heteroatoms. The summed E-state index contributed by atoms with van der Waals surface area (Å²) < 4.78 is 63.2. The molecule has 0 aliphatic rings. The molecular weight excluding hydrogens is 409 g/mol. The van der Waals surface area contributed by atoms with E-state index in [9.17, 15) is 21.6 Å². The van der Waals surface area contributed by atoms with E-state index < -0.39 is 27.6 Å². The second-order valence-corrected chi connectivity index (χ2v) is 7.21. The molecule has 2 aromatic rings. The van der Waals surface area contributed by atoms with E-state index >= 15 is 0 Å². The summed E-state index contributed by atoms with van der Waals surface area (Å²) in [5, 5.41) is 15.4. The average molecular weight is 426 g/mol. The molecule has 1 aromatic carbocycles. The molecule has 0 saturated carbocycles. The second kappa shape index (κ2) is 8.93. The topological polar surface area (TPSA) is 137 Å². The van der Waals surface area contributed by atoms with Crippen LogP contribution in [0.4, 0.5) is 13.2 Å². The predicted octanol–water partition coefficient (Wildman–Crippen LogP) is 1.66. The highest BCUT2D eigenvalue weighted by atomic mass is 32.2. The molecule has 1 aromatic heterocycles. The van der Waals surface area contributed by atoms with Crippen molar-refractivity contribution in [3.63, 3.8) is 0 Å². The number of carboxylic acid groups (broad SMARTS) is 2. The lowest BCUT2D eigenvalue weighted by Gasteiger charge is -2.10. The van der Waals surface area contributed by atoms with E-state index in [1.54, 1.807) is 6.20 Å². The number of aliphatic carboxylic acids is 2. The van der Waals surface area contributed by atoms with Crippen molar-refractivity contribution in [3.8, 4) is 5.75 Å². The first kappa shape index (κ1) is 23.2. The summed E-state index contributed by atoms with van der Waals surface area (Å²) in [6.45, 7) is 0.749. The summed E-state index contributed by atoms with van der Waals surface area (Å²) in [6, 6.07) is 3.95. The molecule has 0 fully saturated rings. The lowest BCUT2D eigenvalue weighted by atomic mass is 10.1. The zero-order valence-corrected chi connectivity index (χ0v) is 15.5. The van der Waals surface area contributed by atoms with Crippen LogP contribution in [0.25, 0.3) is 10.9 Å². The van der Waals surface area contributed by atoms with Gasteiger partial charge in [0.15, 0.2) is 0 Å². The third kappa shape index (κ3) is 6.42. The van der Waals surface area contributed by atoms with Crippen molar-refractivity contribution in [2.45, 2.75) is 11.9 Å². The number of nitrogens with one attached hydrogen (secondary N) is 1. The molecule has 2 rings (SSSR count). The Morgan fingerprint density at radius 2 is 1.75 bits per heavy atom. The largest absolute Gasteiger partial charge is 0.534 e. The summed E-state index contributed by atoms with van der Waals surface area (Å²) in [7, 11) is -1.86. The molecular formula is C15H17F3N2O7S. The van der Waals surface area contributed by atoms with E-state index in [0.717, 1.165) is 12.1 Å². The zero-order chi connectivity index (χ0) is 21.7. The van der Waals surface area contributed by atoms with E-state index in [-0.39, 0.29) is 5.75 Å². The van der Waals surface area contributed by atoms with Gasteiger partial charge in [-0.1, -0.05) is 0 Å². The molecule has 0 saturated heterocycles. The van der Waals surface area contributed by atoms with E-state index in [1.165, 1.54) is 18.2 Å². The van der Waals surface area contributed by atoms with Crippen LogP contribution in [0.5, 0.6) is 5.75 Å². The van der Waals surface area contributed by atoms with Crippen molar-refractivity contribution in [2.24, 2.45) is 0 Å². The molecule has 0 aliphatic heterocycles. The number of likely N-dealkylation sites (N-methyl/N-ethyl adjacent to an activating group) is 1. The van der Waals surface area contributed by atoms with Crippen LogP contribution in [0.3, 0.4) is 0 Å². The maximum absolute atomic E-state index is 12.3. The fourth-order valence-corrected chi connectivity index (χ4v) is 2.39. The maximum Gasteiger partial charge on any atom is 0.534 e. The number of carbonyl (C=O) groups is 2. The molecule has 3 N–H and O–H groups in total. The number of hydrogen-bond donors (Lipinski definition) is 3. The molecule has 1 heterocycles. The summed E-state index contributed by atoms with van der Waals surface area (Å²) in [5.74, 6) is -4.01. The number of rotatable bonds is 5. The third-order valence-electron chi connectivity index (χ3n) is 3.24. The van der Waals surface area contributed by atoms with Crippen LogP contribution in [-0.2, 0) is 26.1 Å². The van der Waals surface area contributed by atoms with E-state index in [0.29, 0.717) is 17.3 Å². The monoisotopic (exact) mass is 426 g/mol. The molecule has 0 aliphatic carbocycles. The molecule has 0 amide bonds. The normalized spacial score (nSPS) is 11.8. The summed E-state index contributed by atoms with van der Waals surface area (Å²) in [5.41, 5.74) is -3.88. The number of fused-ring (bicyclic) bond motifs is 1. The van der Waals surface area contributed by atoms with Crippen molar-refractivity contribution in [2.75, 3.05) is 20.6 Å². The quantitative estimate of drug-likeness (QED) is 0.373. The second-order valence-electron chi connectivity index (χ2n) is 5.67. The van der Waals surface area contributed by atoms with Crippen LogP contribution in [0.1, 0.15) is 5.56 Å². The number of benzene rings is 1. The summed E-state index contributed by atoms with van der Waals surface area (Å²) >= 11 is 0. The Morgan fingerprint density at radius 1 is 1.18 bits per heavy atom. The smallest absolute Gasteiger partial charge is 0.473 e. The first-order valence-corrected chi connectivity index (χ1v) is 8.87. The number of aromatic nitrogens is 1. The fraction of sp³-hybridized carbons (Fsp3) is 0.333.